The normalized spacial score (nSPS) is 10.9. The van der Waals surface area contributed by atoms with E-state index in [1.165, 1.54) is 11.3 Å². The highest BCUT2D eigenvalue weighted by Gasteiger charge is 2.07. The van der Waals surface area contributed by atoms with Crippen molar-refractivity contribution in [2.24, 2.45) is 0 Å². The number of hydrogen-bond donors (Lipinski definition) is 2. The van der Waals surface area contributed by atoms with Gasteiger partial charge in [-0.3, -0.25) is 4.79 Å². The second kappa shape index (κ2) is 2.93. The van der Waals surface area contributed by atoms with Crippen LogP contribution in [0.1, 0.15) is 11.4 Å². The first-order valence-electron chi connectivity index (χ1n) is 3.80. The van der Waals surface area contributed by atoms with Gasteiger partial charge in [0.2, 0.25) is 0 Å². The van der Waals surface area contributed by atoms with E-state index < -0.39 is 0 Å². The second-order valence-electron chi connectivity index (χ2n) is 2.77. The molecule has 0 aliphatic rings. The van der Waals surface area contributed by atoms with Gasteiger partial charge in [-0.1, -0.05) is 0 Å². The molecule has 0 radical (unpaired) electrons. The van der Waals surface area contributed by atoms with Crippen molar-refractivity contribution in [3.63, 3.8) is 0 Å². The first kappa shape index (κ1) is 8.40. The molecule has 0 spiro atoms. The number of aromatic amines is 1. The van der Waals surface area contributed by atoms with Crippen LogP contribution in [-0.4, -0.2) is 15.1 Å². The molecule has 13 heavy (non-hydrogen) atoms. The largest absolute Gasteiger partial charge is 0.388 e. The minimum Gasteiger partial charge on any atom is -0.388 e. The minimum atomic E-state index is -0.234. The van der Waals surface area contributed by atoms with E-state index in [9.17, 15) is 4.79 Å². The van der Waals surface area contributed by atoms with Gasteiger partial charge in [-0.25, -0.2) is 4.98 Å². The molecule has 2 N–H and O–H groups in total. The van der Waals surface area contributed by atoms with E-state index in [2.05, 4.69) is 9.97 Å². The third kappa shape index (κ3) is 1.26. The molecule has 0 bridgehead atoms. The first-order valence-corrected chi connectivity index (χ1v) is 4.68. The summed E-state index contributed by atoms with van der Waals surface area (Å²) in [7, 11) is 0. The summed E-state index contributed by atoms with van der Waals surface area (Å²) >= 11 is 1.42. The third-order valence-corrected chi connectivity index (χ3v) is 2.82. The molecule has 0 saturated heterocycles. The molecule has 68 valence electrons. The van der Waals surface area contributed by atoms with E-state index in [1.807, 2.05) is 12.3 Å². The maximum absolute atomic E-state index is 11.4. The van der Waals surface area contributed by atoms with Gasteiger partial charge in [0, 0.05) is 0 Å². The molecule has 0 amide bonds. The van der Waals surface area contributed by atoms with Gasteiger partial charge in [0.25, 0.3) is 5.56 Å². The maximum Gasteiger partial charge on any atom is 0.259 e. The summed E-state index contributed by atoms with van der Waals surface area (Å²) in [5.41, 5.74) is 0.756. The van der Waals surface area contributed by atoms with E-state index in [1.54, 1.807) is 0 Å². The van der Waals surface area contributed by atoms with Crippen LogP contribution in [0.15, 0.2) is 10.2 Å². The summed E-state index contributed by atoms with van der Waals surface area (Å²) in [6.45, 7) is 1.64. The van der Waals surface area contributed by atoms with Crippen LogP contribution in [-0.2, 0) is 6.61 Å². The highest BCUT2D eigenvalue weighted by molar-refractivity contribution is 7.16. The van der Waals surface area contributed by atoms with Crippen molar-refractivity contribution in [1.29, 1.82) is 0 Å². The summed E-state index contributed by atoms with van der Waals surface area (Å²) in [6.07, 6.45) is 0. The van der Waals surface area contributed by atoms with E-state index in [0.29, 0.717) is 16.0 Å². The highest BCUT2D eigenvalue weighted by Crippen LogP contribution is 2.19. The Morgan fingerprint density at radius 2 is 2.46 bits per heavy atom. The Labute approximate surface area is 77.9 Å². The van der Waals surface area contributed by atoms with Crippen molar-refractivity contribution in [2.75, 3.05) is 0 Å². The molecule has 2 aromatic heterocycles. The van der Waals surface area contributed by atoms with Crippen LogP contribution in [0.3, 0.4) is 0 Å². The summed E-state index contributed by atoms with van der Waals surface area (Å²) in [5.74, 6) is 0.319. The number of fused-ring (bicyclic) bond motifs is 1. The monoisotopic (exact) mass is 196 g/mol. The zero-order chi connectivity index (χ0) is 9.42. The number of H-pyrrole nitrogens is 1. The number of rotatable bonds is 1. The van der Waals surface area contributed by atoms with E-state index >= 15 is 0 Å². The lowest BCUT2D eigenvalue weighted by atomic mass is 10.3. The van der Waals surface area contributed by atoms with Crippen LogP contribution >= 0.6 is 11.3 Å². The molecule has 0 fully saturated rings. The summed E-state index contributed by atoms with van der Waals surface area (Å²) < 4.78 is 0. The van der Waals surface area contributed by atoms with Crippen molar-refractivity contribution < 1.29 is 5.11 Å². The quantitative estimate of drug-likeness (QED) is 0.708. The van der Waals surface area contributed by atoms with Crippen molar-refractivity contribution >= 4 is 21.6 Å². The number of aryl methyl sites for hydroxylation is 1. The van der Waals surface area contributed by atoms with Crippen LogP contribution < -0.4 is 5.56 Å². The maximum atomic E-state index is 11.4. The molecular weight excluding hydrogens is 188 g/mol. The highest BCUT2D eigenvalue weighted by atomic mass is 32.1. The fourth-order valence-corrected chi connectivity index (χ4v) is 2.15. The van der Waals surface area contributed by atoms with Crippen molar-refractivity contribution in [1.82, 2.24) is 9.97 Å². The molecule has 2 rings (SSSR count). The lowest BCUT2D eigenvalue weighted by molar-refractivity contribution is 0.271. The van der Waals surface area contributed by atoms with Crippen LogP contribution in [0.5, 0.6) is 0 Å². The number of nitrogens with one attached hydrogen (secondary N) is 1. The van der Waals surface area contributed by atoms with E-state index in [0.717, 1.165) is 5.56 Å². The van der Waals surface area contributed by atoms with Gasteiger partial charge in [0.1, 0.15) is 17.3 Å². The zero-order valence-electron chi connectivity index (χ0n) is 7.00. The van der Waals surface area contributed by atoms with E-state index in [4.69, 9.17) is 5.11 Å². The predicted molar refractivity (Wildman–Crippen MR) is 50.9 cm³/mol. The Hall–Kier alpha value is -1.20. The van der Waals surface area contributed by atoms with E-state index in [-0.39, 0.29) is 12.2 Å². The Morgan fingerprint density at radius 1 is 1.69 bits per heavy atom. The van der Waals surface area contributed by atoms with Gasteiger partial charge in [0.05, 0.1) is 5.39 Å². The molecule has 0 saturated carbocycles. The molecular formula is C8H8N2O2S. The molecule has 0 aliphatic carbocycles. The van der Waals surface area contributed by atoms with Crippen LogP contribution in [0.4, 0.5) is 0 Å². The molecule has 5 heteroatoms. The molecule has 0 unspecified atom stereocenters. The Balaban J connectivity index is 2.87. The summed E-state index contributed by atoms with van der Waals surface area (Å²) in [4.78, 5) is 18.7. The molecule has 0 aromatic carbocycles. The molecule has 0 aliphatic heterocycles. The van der Waals surface area contributed by atoms with Gasteiger partial charge in [-0.05, 0) is 17.9 Å². The second-order valence-corrected chi connectivity index (χ2v) is 3.63. The van der Waals surface area contributed by atoms with Gasteiger partial charge < -0.3 is 10.1 Å². The third-order valence-electron chi connectivity index (χ3n) is 1.83. The number of nitrogens with zero attached hydrogens (tertiary/aromatic N) is 1. The van der Waals surface area contributed by atoms with Crippen molar-refractivity contribution in [3.8, 4) is 0 Å². The Bertz CT molecular complexity index is 500. The lowest BCUT2D eigenvalue weighted by Crippen LogP contribution is -2.11. The SMILES string of the molecule is Cc1csc2nc(CO)[nH]c(=O)c12. The summed E-state index contributed by atoms with van der Waals surface area (Å²) in [5, 5.41) is 11.3. The predicted octanol–water partition coefficient (Wildman–Crippen LogP) is 0.785. The minimum absolute atomic E-state index is 0.173. The zero-order valence-corrected chi connectivity index (χ0v) is 7.81. The van der Waals surface area contributed by atoms with Gasteiger partial charge in [0.15, 0.2) is 0 Å². The smallest absolute Gasteiger partial charge is 0.259 e. The molecule has 4 nitrogen and oxygen atoms in total. The van der Waals surface area contributed by atoms with Crippen molar-refractivity contribution in [3.05, 3.63) is 27.1 Å². The Morgan fingerprint density at radius 3 is 3.15 bits per heavy atom. The van der Waals surface area contributed by atoms with Crippen LogP contribution in [0, 0.1) is 6.92 Å². The molecule has 2 aromatic rings. The first-order chi connectivity index (χ1) is 6.22. The Kier molecular flexibility index (Phi) is 1.90. The molecule has 2 heterocycles. The number of aromatic nitrogens is 2. The van der Waals surface area contributed by atoms with Gasteiger partial charge in [-0.2, -0.15) is 0 Å². The number of hydrogen-bond acceptors (Lipinski definition) is 4. The number of thiophene rings is 1. The lowest BCUT2D eigenvalue weighted by Gasteiger charge is -1.95. The number of aliphatic hydroxyl groups is 1. The van der Waals surface area contributed by atoms with Crippen LogP contribution in [0.2, 0.25) is 0 Å². The fraction of sp³-hybridized carbons (Fsp3) is 0.250. The average Bonchev–Trinajstić information content (AvgIpc) is 2.48. The summed E-state index contributed by atoms with van der Waals surface area (Å²) in [6, 6.07) is 0. The fourth-order valence-electron chi connectivity index (χ4n) is 1.21. The standard InChI is InChI=1S/C8H8N2O2S/c1-4-3-13-8-6(4)7(12)9-5(2-11)10-8/h3,11H,2H2,1H3,(H,9,10,12). The van der Waals surface area contributed by atoms with Crippen LogP contribution in [0.25, 0.3) is 10.2 Å². The average molecular weight is 196 g/mol. The van der Waals surface area contributed by atoms with Gasteiger partial charge in [-0.15, -0.1) is 11.3 Å². The molecule has 0 atom stereocenters. The van der Waals surface area contributed by atoms with Gasteiger partial charge >= 0.3 is 0 Å². The number of aliphatic hydroxyl groups excluding tert-OH is 1. The van der Waals surface area contributed by atoms with Crippen molar-refractivity contribution in [2.45, 2.75) is 13.5 Å². The topological polar surface area (TPSA) is 66.0 Å².